The highest BCUT2D eigenvalue weighted by molar-refractivity contribution is 7.88. The molecule has 0 aromatic heterocycles. The molecule has 104 valence electrons. The Balaban J connectivity index is 2.07. The summed E-state index contributed by atoms with van der Waals surface area (Å²) >= 11 is 4.27. The molecule has 1 aliphatic heterocycles. The standard InChI is InChI=1S/C12H16N2O3S2/c1-19(16,17)14-8-6-13(7-9-14)12(15)10-4-2-3-5-11(10)18/h2-5,18H,6-9H2,1H3. The third-order valence-electron chi connectivity index (χ3n) is 3.13. The summed E-state index contributed by atoms with van der Waals surface area (Å²) in [6.07, 6.45) is 1.19. The Morgan fingerprint density at radius 3 is 2.26 bits per heavy atom. The SMILES string of the molecule is CS(=O)(=O)N1CCN(C(=O)c2ccccc2S)CC1. The van der Waals surface area contributed by atoms with Crippen molar-refractivity contribution in [2.75, 3.05) is 32.4 Å². The van der Waals surface area contributed by atoms with Crippen molar-refractivity contribution < 1.29 is 13.2 Å². The molecule has 0 atom stereocenters. The number of carbonyl (C=O) groups is 1. The minimum absolute atomic E-state index is 0.0984. The average Bonchev–Trinajstić information content (AvgIpc) is 2.38. The molecule has 1 heterocycles. The average molecular weight is 300 g/mol. The van der Waals surface area contributed by atoms with Gasteiger partial charge < -0.3 is 4.90 Å². The Hall–Kier alpha value is -1.05. The lowest BCUT2D eigenvalue weighted by Crippen LogP contribution is -2.50. The van der Waals surface area contributed by atoms with Crippen molar-refractivity contribution in [1.82, 2.24) is 9.21 Å². The summed E-state index contributed by atoms with van der Waals surface area (Å²) in [6, 6.07) is 7.11. The monoisotopic (exact) mass is 300 g/mol. The number of hydrogen-bond donors (Lipinski definition) is 1. The van der Waals surface area contributed by atoms with Crippen LogP contribution in [0.1, 0.15) is 10.4 Å². The van der Waals surface area contributed by atoms with Crippen molar-refractivity contribution >= 4 is 28.6 Å². The molecular formula is C12H16N2O3S2. The maximum atomic E-state index is 12.3. The normalized spacial score (nSPS) is 17.5. The summed E-state index contributed by atoms with van der Waals surface area (Å²) in [7, 11) is -3.17. The number of benzene rings is 1. The number of nitrogens with zero attached hydrogens (tertiary/aromatic N) is 2. The Morgan fingerprint density at radius 1 is 1.16 bits per heavy atom. The first-order valence-corrected chi connectivity index (χ1v) is 8.21. The highest BCUT2D eigenvalue weighted by atomic mass is 32.2. The van der Waals surface area contributed by atoms with Crippen molar-refractivity contribution in [3.63, 3.8) is 0 Å². The van der Waals surface area contributed by atoms with E-state index in [1.165, 1.54) is 10.6 Å². The van der Waals surface area contributed by atoms with Crippen LogP contribution in [0.5, 0.6) is 0 Å². The zero-order chi connectivity index (χ0) is 14.0. The summed E-state index contributed by atoms with van der Waals surface area (Å²) < 4.78 is 24.2. The van der Waals surface area contributed by atoms with Crippen LogP contribution in [-0.4, -0.2) is 56.0 Å². The maximum absolute atomic E-state index is 12.3. The largest absolute Gasteiger partial charge is 0.336 e. The van der Waals surface area contributed by atoms with Gasteiger partial charge in [0.2, 0.25) is 10.0 Å². The fourth-order valence-corrected chi connectivity index (χ4v) is 3.13. The van der Waals surface area contributed by atoms with Crippen LogP contribution in [0, 0.1) is 0 Å². The van der Waals surface area contributed by atoms with E-state index in [-0.39, 0.29) is 5.91 Å². The zero-order valence-corrected chi connectivity index (χ0v) is 12.3. The van der Waals surface area contributed by atoms with Crippen molar-refractivity contribution in [2.24, 2.45) is 0 Å². The number of rotatable bonds is 2. The fourth-order valence-electron chi connectivity index (χ4n) is 2.05. The lowest BCUT2D eigenvalue weighted by Gasteiger charge is -2.33. The molecule has 1 amide bonds. The third kappa shape index (κ3) is 3.29. The molecular weight excluding hydrogens is 284 g/mol. The summed E-state index contributed by atoms with van der Waals surface area (Å²) in [5.74, 6) is -0.0984. The number of thiol groups is 1. The molecule has 0 bridgehead atoms. The van der Waals surface area contributed by atoms with Crippen LogP contribution < -0.4 is 0 Å². The molecule has 19 heavy (non-hydrogen) atoms. The van der Waals surface area contributed by atoms with E-state index >= 15 is 0 Å². The highest BCUT2D eigenvalue weighted by Gasteiger charge is 2.27. The molecule has 1 aliphatic rings. The Kier molecular flexibility index (Phi) is 4.17. The molecule has 1 aromatic rings. The van der Waals surface area contributed by atoms with Crippen LogP contribution in [0.25, 0.3) is 0 Å². The van der Waals surface area contributed by atoms with Crippen molar-refractivity contribution in [2.45, 2.75) is 4.90 Å². The number of sulfonamides is 1. The van der Waals surface area contributed by atoms with E-state index in [2.05, 4.69) is 12.6 Å². The predicted octanol–water partition coefficient (Wildman–Crippen LogP) is 0.693. The molecule has 2 rings (SSSR count). The number of amides is 1. The molecule has 5 nitrogen and oxygen atoms in total. The van der Waals surface area contributed by atoms with Crippen molar-refractivity contribution in [1.29, 1.82) is 0 Å². The molecule has 0 saturated carbocycles. The molecule has 0 unspecified atom stereocenters. The van der Waals surface area contributed by atoms with Gasteiger partial charge in [0.05, 0.1) is 11.8 Å². The Morgan fingerprint density at radius 2 is 1.74 bits per heavy atom. The highest BCUT2D eigenvalue weighted by Crippen LogP contribution is 2.17. The molecule has 0 N–H and O–H groups in total. The molecule has 1 fully saturated rings. The van der Waals surface area contributed by atoms with Gasteiger partial charge in [-0.3, -0.25) is 4.79 Å². The summed E-state index contributed by atoms with van der Waals surface area (Å²) in [6.45, 7) is 1.51. The first kappa shape index (κ1) is 14.4. The minimum atomic E-state index is -3.17. The van der Waals surface area contributed by atoms with E-state index < -0.39 is 10.0 Å². The summed E-state index contributed by atoms with van der Waals surface area (Å²) in [5.41, 5.74) is 0.554. The van der Waals surface area contributed by atoms with Gasteiger partial charge in [0.25, 0.3) is 5.91 Å². The maximum Gasteiger partial charge on any atom is 0.255 e. The van der Waals surface area contributed by atoms with E-state index in [0.29, 0.717) is 36.6 Å². The quantitative estimate of drug-likeness (QED) is 0.818. The topological polar surface area (TPSA) is 57.7 Å². The van der Waals surface area contributed by atoms with E-state index in [4.69, 9.17) is 0 Å². The van der Waals surface area contributed by atoms with Gasteiger partial charge in [0.1, 0.15) is 0 Å². The second-order valence-corrected chi connectivity index (χ2v) is 6.94. The first-order chi connectivity index (χ1) is 8.89. The minimum Gasteiger partial charge on any atom is -0.336 e. The van der Waals surface area contributed by atoms with Gasteiger partial charge in [-0.2, -0.15) is 4.31 Å². The first-order valence-electron chi connectivity index (χ1n) is 5.92. The number of piperazine rings is 1. The van der Waals surface area contributed by atoms with Gasteiger partial charge in [0, 0.05) is 31.1 Å². The van der Waals surface area contributed by atoms with Crippen molar-refractivity contribution in [3.05, 3.63) is 29.8 Å². The van der Waals surface area contributed by atoms with Gasteiger partial charge in [-0.05, 0) is 12.1 Å². The smallest absolute Gasteiger partial charge is 0.255 e. The second kappa shape index (κ2) is 5.52. The zero-order valence-electron chi connectivity index (χ0n) is 10.6. The predicted molar refractivity (Wildman–Crippen MR) is 76.0 cm³/mol. The van der Waals surface area contributed by atoms with Crippen molar-refractivity contribution in [3.8, 4) is 0 Å². The lowest BCUT2D eigenvalue weighted by molar-refractivity contribution is 0.0695. The van der Waals surface area contributed by atoms with E-state index in [1.54, 1.807) is 23.1 Å². The number of carbonyl (C=O) groups excluding carboxylic acids is 1. The molecule has 1 aromatic carbocycles. The number of hydrogen-bond acceptors (Lipinski definition) is 4. The summed E-state index contributed by atoms with van der Waals surface area (Å²) in [4.78, 5) is 14.6. The van der Waals surface area contributed by atoms with E-state index in [0.717, 1.165) is 0 Å². The molecule has 0 radical (unpaired) electrons. The van der Waals surface area contributed by atoms with Gasteiger partial charge in [-0.25, -0.2) is 8.42 Å². The lowest BCUT2D eigenvalue weighted by atomic mass is 10.2. The van der Waals surface area contributed by atoms with Gasteiger partial charge in [0.15, 0.2) is 0 Å². The van der Waals surface area contributed by atoms with Crippen LogP contribution in [0.4, 0.5) is 0 Å². The Labute approximate surface area is 118 Å². The molecule has 0 spiro atoms. The second-order valence-electron chi connectivity index (χ2n) is 4.47. The van der Waals surface area contributed by atoms with Gasteiger partial charge in [-0.15, -0.1) is 12.6 Å². The van der Waals surface area contributed by atoms with Crippen LogP contribution in [0.2, 0.25) is 0 Å². The Bertz CT molecular complexity index is 578. The molecule has 0 aliphatic carbocycles. The van der Waals surface area contributed by atoms with Gasteiger partial charge in [-0.1, -0.05) is 12.1 Å². The van der Waals surface area contributed by atoms with Gasteiger partial charge >= 0.3 is 0 Å². The van der Waals surface area contributed by atoms with Crippen LogP contribution in [-0.2, 0) is 10.0 Å². The molecule has 7 heteroatoms. The van der Waals surface area contributed by atoms with Crippen LogP contribution in [0.15, 0.2) is 29.2 Å². The molecule has 1 saturated heterocycles. The third-order valence-corrected chi connectivity index (χ3v) is 4.82. The van der Waals surface area contributed by atoms with Crippen LogP contribution in [0.3, 0.4) is 0 Å². The van der Waals surface area contributed by atoms with Crippen LogP contribution >= 0.6 is 12.6 Å². The fraction of sp³-hybridized carbons (Fsp3) is 0.417. The van der Waals surface area contributed by atoms with E-state index in [9.17, 15) is 13.2 Å². The summed E-state index contributed by atoms with van der Waals surface area (Å²) in [5, 5.41) is 0. The van der Waals surface area contributed by atoms with E-state index in [1.807, 2.05) is 6.07 Å².